The molecule has 0 atom stereocenters. The molecule has 1 aromatic carbocycles. The van der Waals surface area contributed by atoms with E-state index in [0.717, 1.165) is 10.2 Å². The maximum atomic E-state index is 8.90. The largest absolute Gasteiger partial charge is 0.495 e. The highest BCUT2D eigenvalue weighted by molar-refractivity contribution is 9.10. The molecule has 0 radical (unpaired) electrons. The third-order valence-corrected chi connectivity index (χ3v) is 2.96. The second-order valence-electron chi connectivity index (χ2n) is 3.75. The number of methoxy groups -OCH3 is 1. The van der Waals surface area contributed by atoms with Crippen molar-refractivity contribution >= 4 is 15.9 Å². The third-order valence-electron chi connectivity index (χ3n) is 2.49. The molecular weight excluding hydrogens is 308 g/mol. The van der Waals surface area contributed by atoms with E-state index >= 15 is 0 Å². The van der Waals surface area contributed by atoms with E-state index in [1.807, 2.05) is 18.2 Å². The fourth-order valence-corrected chi connectivity index (χ4v) is 1.77. The Balaban J connectivity index is 2.07. The predicted molar refractivity (Wildman–Crippen MR) is 74.0 cm³/mol. The fraction of sp³-hybridized carbons (Fsp3) is 0.143. The molecule has 1 aromatic heterocycles. The fourth-order valence-electron chi connectivity index (χ4n) is 1.53. The topological polar surface area (TPSA) is 55.1 Å². The summed E-state index contributed by atoms with van der Waals surface area (Å²) >= 11 is 3.26. The first-order valence-corrected chi connectivity index (χ1v) is 6.33. The predicted octanol–water partition coefficient (Wildman–Crippen LogP) is 3.30. The summed E-state index contributed by atoms with van der Waals surface area (Å²) in [5.41, 5.74) is 1.44. The van der Waals surface area contributed by atoms with Gasteiger partial charge in [0.25, 0.3) is 0 Å². The van der Waals surface area contributed by atoms with E-state index in [-0.39, 0.29) is 0 Å². The van der Waals surface area contributed by atoms with Gasteiger partial charge in [0.2, 0.25) is 0 Å². The van der Waals surface area contributed by atoms with Crippen molar-refractivity contribution in [3.63, 3.8) is 0 Å². The Kier molecular flexibility index (Phi) is 4.37. The molecule has 19 heavy (non-hydrogen) atoms. The van der Waals surface area contributed by atoms with Gasteiger partial charge in [-0.1, -0.05) is 6.07 Å². The number of benzene rings is 1. The van der Waals surface area contributed by atoms with E-state index in [4.69, 9.17) is 14.7 Å². The maximum Gasteiger partial charge on any atom is 0.138 e. The first kappa shape index (κ1) is 13.4. The number of hydrogen-bond acceptors (Lipinski definition) is 4. The van der Waals surface area contributed by atoms with E-state index < -0.39 is 0 Å². The maximum absolute atomic E-state index is 8.90. The molecule has 2 rings (SSSR count). The van der Waals surface area contributed by atoms with Gasteiger partial charge in [-0.25, -0.2) is 4.98 Å². The highest BCUT2D eigenvalue weighted by Crippen LogP contribution is 2.21. The van der Waals surface area contributed by atoms with Gasteiger partial charge in [0.15, 0.2) is 0 Å². The van der Waals surface area contributed by atoms with Crippen molar-refractivity contribution in [1.29, 1.82) is 5.26 Å². The molecule has 0 fully saturated rings. The second kappa shape index (κ2) is 6.21. The lowest BCUT2D eigenvalue weighted by atomic mass is 10.1. The van der Waals surface area contributed by atoms with Crippen LogP contribution >= 0.6 is 15.9 Å². The number of rotatable bonds is 4. The van der Waals surface area contributed by atoms with Crippen LogP contribution in [0, 0.1) is 11.3 Å². The Hall–Kier alpha value is -2.06. The second-order valence-corrected chi connectivity index (χ2v) is 4.56. The smallest absolute Gasteiger partial charge is 0.138 e. The van der Waals surface area contributed by atoms with Gasteiger partial charge in [-0.2, -0.15) is 5.26 Å². The first-order valence-electron chi connectivity index (χ1n) is 5.54. The summed E-state index contributed by atoms with van der Waals surface area (Å²) in [6.45, 7) is 0.394. The van der Waals surface area contributed by atoms with Crippen molar-refractivity contribution in [3.05, 3.63) is 52.3 Å². The number of halogens is 1. The van der Waals surface area contributed by atoms with Crippen LogP contribution in [0.15, 0.2) is 41.1 Å². The summed E-state index contributed by atoms with van der Waals surface area (Å²) in [6, 6.07) is 11.1. The summed E-state index contributed by atoms with van der Waals surface area (Å²) in [4.78, 5) is 4.08. The van der Waals surface area contributed by atoms with Crippen LogP contribution in [-0.4, -0.2) is 12.1 Å². The zero-order valence-electron chi connectivity index (χ0n) is 10.3. The number of nitrogens with zero attached hydrogens (tertiary/aromatic N) is 2. The summed E-state index contributed by atoms with van der Waals surface area (Å²) < 4.78 is 11.5. The summed E-state index contributed by atoms with van der Waals surface area (Å²) in [6.07, 6.45) is 1.64. The van der Waals surface area contributed by atoms with Crippen LogP contribution in [0.3, 0.4) is 0 Å². The summed E-state index contributed by atoms with van der Waals surface area (Å²) in [5.74, 6) is 1.24. The standard InChI is InChI=1S/C14H11BrN2O2/c1-18-13-6-10(2-3-11(13)7-16)9-19-12-4-5-14(15)17-8-12/h2-6,8H,9H2,1H3. The number of ether oxygens (including phenoxy) is 2. The summed E-state index contributed by atoms with van der Waals surface area (Å²) in [7, 11) is 1.54. The molecule has 1 heterocycles. The number of pyridine rings is 1. The minimum atomic E-state index is 0.394. The zero-order chi connectivity index (χ0) is 13.7. The molecule has 0 spiro atoms. The van der Waals surface area contributed by atoms with Gasteiger partial charge in [-0.3, -0.25) is 0 Å². The molecule has 4 nitrogen and oxygen atoms in total. The van der Waals surface area contributed by atoms with E-state index in [9.17, 15) is 0 Å². The average molecular weight is 319 g/mol. The Morgan fingerprint density at radius 2 is 2.16 bits per heavy atom. The molecule has 0 aliphatic heterocycles. The molecule has 0 aliphatic rings. The lowest BCUT2D eigenvalue weighted by molar-refractivity contribution is 0.304. The Bertz CT molecular complexity index is 606. The van der Waals surface area contributed by atoms with Gasteiger partial charge < -0.3 is 9.47 Å². The Morgan fingerprint density at radius 1 is 1.32 bits per heavy atom. The third kappa shape index (κ3) is 3.46. The van der Waals surface area contributed by atoms with Crippen molar-refractivity contribution in [2.45, 2.75) is 6.61 Å². The van der Waals surface area contributed by atoms with Crippen LogP contribution in [0.25, 0.3) is 0 Å². The molecule has 0 aliphatic carbocycles. The van der Waals surface area contributed by atoms with Gasteiger partial charge in [0.05, 0.1) is 18.9 Å². The van der Waals surface area contributed by atoms with Gasteiger partial charge >= 0.3 is 0 Å². The number of aromatic nitrogens is 1. The van der Waals surface area contributed by atoms with Gasteiger partial charge in [0, 0.05) is 0 Å². The lowest BCUT2D eigenvalue weighted by Crippen LogP contribution is -1.97. The highest BCUT2D eigenvalue weighted by Gasteiger charge is 2.04. The van der Waals surface area contributed by atoms with Crippen molar-refractivity contribution in [3.8, 4) is 17.6 Å². The number of nitriles is 1. The van der Waals surface area contributed by atoms with Gasteiger partial charge in [-0.05, 0) is 45.8 Å². The SMILES string of the molecule is COc1cc(COc2ccc(Br)nc2)ccc1C#N. The Morgan fingerprint density at radius 3 is 2.79 bits per heavy atom. The quantitative estimate of drug-likeness (QED) is 0.811. The van der Waals surface area contributed by atoms with Crippen LogP contribution in [0.4, 0.5) is 0 Å². The monoisotopic (exact) mass is 318 g/mol. The van der Waals surface area contributed by atoms with Gasteiger partial charge in [-0.15, -0.1) is 0 Å². The molecule has 96 valence electrons. The van der Waals surface area contributed by atoms with Crippen molar-refractivity contribution in [2.75, 3.05) is 7.11 Å². The minimum Gasteiger partial charge on any atom is -0.495 e. The molecule has 0 saturated heterocycles. The molecule has 2 aromatic rings. The van der Waals surface area contributed by atoms with Crippen molar-refractivity contribution < 1.29 is 9.47 Å². The average Bonchev–Trinajstić information content (AvgIpc) is 2.46. The molecule has 0 saturated carbocycles. The van der Waals surface area contributed by atoms with Crippen molar-refractivity contribution in [1.82, 2.24) is 4.98 Å². The zero-order valence-corrected chi connectivity index (χ0v) is 11.8. The highest BCUT2D eigenvalue weighted by atomic mass is 79.9. The van der Waals surface area contributed by atoms with Crippen LogP contribution in [0.2, 0.25) is 0 Å². The normalized spacial score (nSPS) is 9.74. The van der Waals surface area contributed by atoms with E-state index in [0.29, 0.717) is 23.7 Å². The molecular formula is C14H11BrN2O2. The van der Waals surface area contributed by atoms with E-state index in [2.05, 4.69) is 27.0 Å². The minimum absolute atomic E-state index is 0.394. The lowest BCUT2D eigenvalue weighted by Gasteiger charge is -2.08. The van der Waals surface area contributed by atoms with Crippen LogP contribution in [-0.2, 0) is 6.61 Å². The van der Waals surface area contributed by atoms with Gasteiger partial charge in [0.1, 0.15) is 28.8 Å². The molecule has 0 amide bonds. The summed E-state index contributed by atoms with van der Waals surface area (Å²) in [5, 5.41) is 8.90. The van der Waals surface area contributed by atoms with Crippen LogP contribution < -0.4 is 9.47 Å². The molecule has 0 unspecified atom stereocenters. The van der Waals surface area contributed by atoms with E-state index in [1.54, 1.807) is 25.4 Å². The van der Waals surface area contributed by atoms with E-state index in [1.165, 1.54) is 0 Å². The van der Waals surface area contributed by atoms with Crippen LogP contribution in [0.5, 0.6) is 11.5 Å². The Labute approximate surface area is 119 Å². The first-order chi connectivity index (χ1) is 9.22. The van der Waals surface area contributed by atoms with Crippen molar-refractivity contribution in [2.24, 2.45) is 0 Å². The molecule has 5 heteroatoms. The molecule has 0 N–H and O–H groups in total. The molecule has 0 bridgehead atoms. The van der Waals surface area contributed by atoms with Crippen LogP contribution in [0.1, 0.15) is 11.1 Å². The number of hydrogen-bond donors (Lipinski definition) is 0.